The lowest BCUT2D eigenvalue weighted by molar-refractivity contribution is -0.117. The summed E-state index contributed by atoms with van der Waals surface area (Å²) in [4.78, 5) is 23.5. The molecule has 2 rings (SSSR count). The molecule has 1 aromatic heterocycles. The van der Waals surface area contributed by atoms with Crippen molar-refractivity contribution in [1.82, 2.24) is 15.5 Å². The molecule has 3 N–H and O–H groups in total. The fourth-order valence-corrected chi connectivity index (χ4v) is 2.82. The predicted molar refractivity (Wildman–Crippen MR) is 80.5 cm³/mol. The third-order valence-corrected chi connectivity index (χ3v) is 4.24. The van der Waals surface area contributed by atoms with Gasteiger partial charge >= 0.3 is 0 Å². The van der Waals surface area contributed by atoms with Crippen molar-refractivity contribution in [2.24, 2.45) is 0 Å². The van der Waals surface area contributed by atoms with E-state index in [1.165, 1.54) is 30.2 Å². The standard InChI is InChI=1S/C12H12N4O3S2/c1-19-8-4-2-7(3-5-8)10(18)14-9(17)6-20-12-16-15-11(13)21-12/h2-5H,6H2,1H3,(H2,13,15)(H,14,17,18). The first-order chi connectivity index (χ1) is 10.1. The minimum absolute atomic E-state index is 0.0660. The number of imide groups is 1. The average Bonchev–Trinajstić information content (AvgIpc) is 2.91. The van der Waals surface area contributed by atoms with Crippen LogP contribution >= 0.6 is 23.1 Å². The molecule has 0 saturated heterocycles. The van der Waals surface area contributed by atoms with Crippen LogP contribution in [-0.2, 0) is 4.79 Å². The number of anilines is 1. The van der Waals surface area contributed by atoms with Crippen molar-refractivity contribution in [3.05, 3.63) is 29.8 Å². The molecule has 0 spiro atoms. The highest BCUT2D eigenvalue weighted by atomic mass is 32.2. The molecular formula is C12H12N4O3S2. The Kier molecular flexibility index (Phi) is 5.12. The predicted octanol–water partition coefficient (Wildman–Crippen LogP) is 1.18. The molecule has 1 heterocycles. The van der Waals surface area contributed by atoms with Crippen LogP contribution in [-0.4, -0.2) is 34.9 Å². The van der Waals surface area contributed by atoms with Crippen LogP contribution < -0.4 is 15.8 Å². The first kappa shape index (κ1) is 15.3. The number of carbonyl (C=O) groups is 2. The monoisotopic (exact) mass is 324 g/mol. The van der Waals surface area contributed by atoms with Crippen LogP contribution in [0.2, 0.25) is 0 Å². The molecule has 0 saturated carbocycles. The molecule has 0 radical (unpaired) electrons. The van der Waals surface area contributed by atoms with Crippen LogP contribution in [0.15, 0.2) is 28.6 Å². The minimum Gasteiger partial charge on any atom is -0.497 e. The number of rotatable bonds is 5. The molecule has 2 aromatic rings. The average molecular weight is 324 g/mol. The van der Waals surface area contributed by atoms with Gasteiger partial charge in [-0.15, -0.1) is 10.2 Å². The van der Waals surface area contributed by atoms with Gasteiger partial charge in [0.25, 0.3) is 5.91 Å². The van der Waals surface area contributed by atoms with E-state index in [1.807, 2.05) is 0 Å². The minimum atomic E-state index is -0.458. The first-order valence-corrected chi connectivity index (χ1v) is 7.58. The van der Waals surface area contributed by atoms with Crippen LogP contribution in [0, 0.1) is 0 Å². The Hall–Kier alpha value is -2.13. The number of hydrogen-bond donors (Lipinski definition) is 2. The Labute approximate surface area is 128 Å². The molecule has 0 fully saturated rings. The molecular weight excluding hydrogens is 312 g/mol. The molecule has 0 bridgehead atoms. The molecule has 0 aliphatic rings. The topological polar surface area (TPSA) is 107 Å². The van der Waals surface area contributed by atoms with E-state index in [0.29, 0.717) is 20.8 Å². The second-order valence-corrected chi connectivity index (χ2v) is 6.03. The number of amides is 2. The van der Waals surface area contributed by atoms with Gasteiger partial charge in [0.05, 0.1) is 12.9 Å². The second-order valence-electron chi connectivity index (χ2n) is 3.80. The lowest BCUT2D eigenvalue weighted by Gasteiger charge is -2.04. The first-order valence-electron chi connectivity index (χ1n) is 5.78. The highest BCUT2D eigenvalue weighted by molar-refractivity contribution is 8.01. The summed E-state index contributed by atoms with van der Waals surface area (Å²) in [6, 6.07) is 6.47. The summed E-state index contributed by atoms with van der Waals surface area (Å²) in [5, 5.41) is 10.0. The zero-order valence-electron chi connectivity index (χ0n) is 11.0. The molecule has 2 amide bonds. The Morgan fingerprint density at radius 2 is 2.05 bits per heavy atom. The highest BCUT2D eigenvalue weighted by Crippen LogP contribution is 2.23. The number of nitrogens with zero attached hydrogens (tertiary/aromatic N) is 2. The smallest absolute Gasteiger partial charge is 0.257 e. The molecule has 7 nitrogen and oxygen atoms in total. The molecule has 1 aromatic carbocycles. The van der Waals surface area contributed by atoms with E-state index in [9.17, 15) is 9.59 Å². The lowest BCUT2D eigenvalue weighted by atomic mass is 10.2. The molecule has 0 unspecified atom stereocenters. The second kappa shape index (κ2) is 7.04. The van der Waals surface area contributed by atoms with E-state index in [-0.39, 0.29) is 5.75 Å². The summed E-state index contributed by atoms with van der Waals surface area (Å²) in [6.07, 6.45) is 0. The SMILES string of the molecule is COc1ccc(C(=O)NC(=O)CSc2nnc(N)s2)cc1. The zero-order valence-corrected chi connectivity index (χ0v) is 12.7. The number of methoxy groups -OCH3 is 1. The van der Waals surface area contributed by atoms with E-state index in [1.54, 1.807) is 24.3 Å². The summed E-state index contributed by atoms with van der Waals surface area (Å²) in [7, 11) is 1.54. The maximum atomic E-state index is 11.8. The summed E-state index contributed by atoms with van der Waals surface area (Å²) in [6.45, 7) is 0. The molecule has 0 aliphatic carbocycles. The molecule has 0 aliphatic heterocycles. The van der Waals surface area contributed by atoms with Crippen molar-refractivity contribution in [2.75, 3.05) is 18.6 Å². The maximum Gasteiger partial charge on any atom is 0.257 e. The third-order valence-electron chi connectivity index (χ3n) is 2.35. The number of nitrogens with one attached hydrogen (secondary N) is 1. The van der Waals surface area contributed by atoms with Crippen molar-refractivity contribution < 1.29 is 14.3 Å². The van der Waals surface area contributed by atoms with Gasteiger partial charge in [0.1, 0.15) is 5.75 Å². The van der Waals surface area contributed by atoms with Gasteiger partial charge in [0, 0.05) is 5.56 Å². The Morgan fingerprint density at radius 3 is 2.62 bits per heavy atom. The fraction of sp³-hybridized carbons (Fsp3) is 0.167. The molecule has 21 heavy (non-hydrogen) atoms. The normalized spacial score (nSPS) is 10.1. The van der Waals surface area contributed by atoms with Crippen molar-refractivity contribution in [1.29, 1.82) is 0 Å². The number of hydrogen-bond acceptors (Lipinski definition) is 8. The Bertz CT molecular complexity index is 642. The fourth-order valence-electron chi connectivity index (χ4n) is 1.38. The third kappa shape index (κ3) is 4.43. The van der Waals surface area contributed by atoms with Crippen LogP contribution in [0.5, 0.6) is 5.75 Å². The summed E-state index contributed by atoms with van der Waals surface area (Å²) >= 11 is 2.36. The zero-order chi connectivity index (χ0) is 15.2. The van der Waals surface area contributed by atoms with Gasteiger partial charge in [-0.1, -0.05) is 23.1 Å². The molecule has 0 atom stereocenters. The number of thioether (sulfide) groups is 1. The highest BCUT2D eigenvalue weighted by Gasteiger charge is 2.12. The van der Waals surface area contributed by atoms with Gasteiger partial charge in [-0.05, 0) is 24.3 Å². The van der Waals surface area contributed by atoms with Crippen molar-refractivity contribution in [2.45, 2.75) is 4.34 Å². The van der Waals surface area contributed by atoms with E-state index in [4.69, 9.17) is 10.5 Å². The summed E-state index contributed by atoms with van der Waals surface area (Å²) in [5.74, 6) is -0.159. The quantitative estimate of drug-likeness (QED) is 0.795. The Morgan fingerprint density at radius 1 is 1.33 bits per heavy atom. The number of ether oxygens (including phenoxy) is 1. The molecule has 110 valence electrons. The number of benzene rings is 1. The summed E-state index contributed by atoms with van der Waals surface area (Å²) < 4.78 is 5.58. The summed E-state index contributed by atoms with van der Waals surface area (Å²) in [5.41, 5.74) is 5.82. The van der Waals surface area contributed by atoms with Crippen molar-refractivity contribution in [3.8, 4) is 5.75 Å². The number of nitrogens with two attached hydrogens (primary N) is 1. The Balaban J connectivity index is 1.85. The van der Waals surface area contributed by atoms with Crippen LogP contribution in [0.1, 0.15) is 10.4 Å². The van der Waals surface area contributed by atoms with Gasteiger partial charge in [-0.3, -0.25) is 14.9 Å². The van der Waals surface area contributed by atoms with Gasteiger partial charge in [0.15, 0.2) is 4.34 Å². The number of nitrogen functional groups attached to an aromatic ring is 1. The van der Waals surface area contributed by atoms with Crippen LogP contribution in [0.3, 0.4) is 0 Å². The van der Waals surface area contributed by atoms with E-state index in [2.05, 4.69) is 15.5 Å². The van der Waals surface area contributed by atoms with E-state index < -0.39 is 11.8 Å². The van der Waals surface area contributed by atoms with Gasteiger partial charge in [-0.25, -0.2) is 0 Å². The van der Waals surface area contributed by atoms with Crippen LogP contribution in [0.25, 0.3) is 0 Å². The van der Waals surface area contributed by atoms with Gasteiger partial charge in [0.2, 0.25) is 11.0 Å². The maximum absolute atomic E-state index is 11.8. The van der Waals surface area contributed by atoms with Gasteiger partial charge < -0.3 is 10.5 Å². The number of carbonyl (C=O) groups excluding carboxylic acids is 2. The van der Waals surface area contributed by atoms with E-state index >= 15 is 0 Å². The van der Waals surface area contributed by atoms with E-state index in [0.717, 1.165) is 0 Å². The van der Waals surface area contributed by atoms with Gasteiger partial charge in [-0.2, -0.15) is 0 Å². The largest absolute Gasteiger partial charge is 0.497 e. The molecule has 9 heteroatoms. The van der Waals surface area contributed by atoms with Crippen LogP contribution in [0.4, 0.5) is 5.13 Å². The lowest BCUT2D eigenvalue weighted by Crippen LogP contribution is -2.31. The van der Waals surface area contributed by atoms with Crippen molar-refractivity contribution in [3.63, 3.8) is 0 Å². The van der Waals surface area contributed by atoms with Crippen molar-refractivity contribution >= 4 is 40.0 Å². The number of aromatic nitrogens is 2.